The molecular weight excluding hydrogens is 300 g/mol. The smallest absolute Gasteiger partial charge is 0.246 e. The lowest BCUT2D eigenvalue weighted by atomic mass is 10.2. The first-order valence-corrected chi connectivity index (χ1v) is 7.43. The number of nitrogens with two attached hydrogens (primary N) is 1. The molecule has 5 nitrogen and oxygen atoms in total. The van der Waals surface area contributed by atoms with Crippen LogP contribution >= 0.6 is 0 Å². The molecular formula is C13H13F2N3O2S. The van der Waals surface area contributed by atoms with Gasteiger partial charge in [0.15, 0.2) is 4.90 Å². The van der Waals surface area contributed by atoms with Crippen molar-refractivity contribution in [3.05, 3.63) is 53.4 Å². The topological polar surface area (TPSA) is 85.1 Å². The molecule has 2 aromatic rings. The number of nitrogens with one attached hydrogen (secondary N) is 1. The van der Waals surface area contributed by atoms with Crippen LogP contribution in [0.3, 0.4) is 0 Å². The lowest BCUT2D eigenvalue weighted by molar-refractivity contribution is 0.514. The molecule has 0 fully saturated rings. The van der Waals surface area contributed by atoms with Gasteiger partial charge in [0.05, 0.1) is 0 Å². The Morgan fingerprint density at radius 2 is 1.90 bits per heavy atom. The quantitative estimate of drug-likeness (QED) is 0.842. The maximum Gasteiger partial charge on any atom is 0.246 e. The van der Waals surface area contributed by atoms with Gasteiger partial charge in [-0.2, -0.15) is 0 Å². The van der Waals surface area contributed by atoms with E-state index in [2.05, 4.69) is 9.71 Å². The monoisotopic (exact) mass is 313 g/mol. The Labute approximate surface area is 120 Å². The molecule has 0 unspecified atom stereocenters. The number of nitrogen functional groups attached to an aromatic ring is 1. The summed E-state index contributed by atoms with van der Waals surface area (Å²) in [7, 11) is -4.34. The van der Waals surface area contributed by atoms with E-state index in [9.17, 15) is 17.2 Å². The van der Waals surface area contributed by atoms with Crippen LogP contribution in [0, 0.1) is 18.6 Å². The summed E-state index contributed by atoms with van der Waals surface area (Å²) in [5.74, 6) is -2.47. The molecule has 0 radical (unpaired) electrons. The molecule has 0 aliphatic rings. The number of aromatic nitrogens is 1. The predicted octanol–water partition coefficient (Wildman–Crippen LogP) is 1.73. The van der Waals surface area contributed by atoms with Crippen LogP contribution in [0.25, 0.3) is 0 Å². The SMILES string of the molecule is Cc1ccncc1CNS(=O)(=O)c1c(F)cc(N)cc1F. The highest BCUT2D eigenvalue weighted by Crippen LogP contribution is 2.21. The van der Waals surface area contributed by atoms with Crippen LogP contribution in [-0.4, -0.2) is 13.4 Å². The van der Waals surface area contributed by atoms with E-state index < -0.39 is 26.6 Å². The van der Waals surface area contributed by atoms with E-state index in [1.807, 2.05) is 0 Å². The fraction of sp³-hybridized carbons (Fsp3) is 0.154. The second-order valence-electron chi connectivity index (χ2n) is 4.44. The number of rotatable bonds is 4. The standard InChI is InChI=1S/C13H13F2N3O2S/c1-8-2-3-17-6-9(8)7-18-21(19,20)13-11(14)4-10(16)5-12(13)15/h2-6,18H,7,16H2,1H3. The number of benzene rings is 1. The number of hydrogen-bond acceptors (Lipinski definition) is 4. The van der Waals surface area contributed by atoms with Crippen LogP contribution in [0.1, 0.15) is 11.1 Å². The number of nitrogens with zero attached hydrogens (tertiary/aromatic N) is 1. The number of hydrogen-bond donors (Lipinski definition) is 2. The third-order valence-corrected chi connectivity index (χ3v) is 4.34. The summed E-state index contributed by atoms with van der Waals surface area (Å²) in [4.78, 5) is 2.82. The Bertz CT molecular complexity index is 756. The van der Waals surface area contributed by atoms with Crippen molar-refractivity contribution in [1.29, 1.82) is 0 Å². The number of anilines is 1. The van der Waals surface area contributed by atoms with Crippen molar-refractivity contribution >= 4 is 15.7 Å². The molecule has 0 aliphatic heterocycles. The van der Waals surface area contributed by atoms with E-state index in [4.69, 9.17) is 5.73 Å². The van der Waals surface area contributed by atoms with Crippen LogP contribution in [0.4, 0.5) is 14.5 Å². The maximum absolute atomic E-state index is 13.7. The average molecular weight is 313 g/mol. The van der Waals surface area contributed by atoms with Gasteiger partial charge in [-0.1, -0.05) is 0 Å². The molecule has 0 amide bonds. The van der Waals surface area contributed by atoms with E-state index in [1.165, 1.54) is 6.20 Å². The molecule has 1 aromatic carbocycles. The number of aryl methyl sites for hydroxylation is 1. The Hall–Kier alpha value is -2.06. The van der Waals surface area contributed by atoms with Crippen LogP contribution in [-0.2, 0) is 16.6 Å². The molecule has 112 valence electrons. The van der Waals surface area contributed by atoms with Crippen molar-refractivity contribution in [3.63, 3.8) is 0 Å². The van der Waals surface area contributed by atoms with Crippen LogP contribution in [0.15, 0.2) is 35.5 Å². The van der Waals surface area contributed by atoms with E-state index in [1.54, 1.807) is 19.2 Å². The van der Waals surface area contributed by atoms with E-state index in [0.717, 1.165) is 17.7 Å². The highest BCUT2D eigenvalue weighted by Gasteiger charge is 2.24. The first-order valence-electron chi connectivity index (χ1n) is 5.95. The summed E-state index contributed by atoms with van der Waals surface area (Å²) in [5.41, 5.74) is 6.48. The van der Waals surface area contributed by atoms with Gasteiger partial charge in [0.1, 0.15) is 11.6 Å². The minimum atomic E-state index is -4.34. The number of pyridine rings is 1. The molecule has 21 heavy (non-hydrogen) atoms. The van der Waals surface area contributed by atoms with Gasteiger partial charge in [0.2, 0.25) is 10.0 Å². The van der Waals surface area contributed by atoms with E-state index >= 15 is 0 Å². The minimum absolute atomic E-state index is 0.120. The molecule has 8 heteroatoms. The fourth-order valence-corrected chi connectivity index (χ4v) is 2.88. The number of halogens is 2. The second-order valence-corrected chi connectivity index (χ2v) is 6.14. The third-order valence-electron chi connectivity index (χ3n) is 2.89. The van der Waals surface area contributed by atoms with Gasteiger partial charge >= 0.3 is 0 Å². The van der Waals surface area contributed by atoms with Crippen molar-refractivity contribution in [2.24, 2.45) is 0 Å². The summed E-state index contributed by atoms with van der Waals surface area (Å²) in [5, 5.41) is 0. The molecule has 2 rings (SSSR count). The third kappa shape index (κ3) is 3.34. The summed E-state index contributed by atoms with van der Waals surface area (Å²) in [6.45, 7) is 1.65. The molecule has 0 saturated heterocycles. The average Bonchev–Trinajstić information content (AvgIpc) is 2.36. The Balaban J connectivity index is 2.30. The largest absolute Gasteiger partial charge is 0.399 e. The molecule has 0 aliphatic carbocycles. The van der Waals surface area contributed by atoms with Gasteiger partial charge in [-0.25, -0.2) is 21.9 Å². The van der Waals surface area contributed by atoms with Gasteiger partial charge in [0.25, 0.3) is 0 Å². The zero-order valence-corrected chi connectivity index (χ0v) is 11.9. The molecule has 0 saturated carbocycles. The number of sulfonamides is 1. The van der Waals surface area contributed by atoms with Gasteiger partial charge in [-0.05, 0) is 36.2 Å². The molecule has 1 heterocycles. The molecule has 1 aromatic heterocycles. The summed E-state index contributed by atoms with van der Waals surface area (Å²) < 4.78 is 53.5. The van der Waals surface area contributed by atoms with Crippen LogP contribution in [0.2, 0.25) is 0 Å². The highest BCUT2D eigenvalue weighted by atomic mass is 32.2. The van der Waals surface area contributed by atoms with Gasteiger partial charge < -0.3 is 5.73 Å². The van der Waals surface area contributed by atoms with E-state index in [0.29, 0.717) is 5.56 Å². The van der Waals surface area contributed by atoms with Crippen molar-refractivity contribution in [2.45, 2.75) is 18.4 Å². The van der Waals surface area contributed by atoms with Crippen molar-refractivity contribution < 1.29 is 17.2 Å². The first-order chi connectivity index (χ1) is 9.81. The van der Waals surface area contributed by atoms with Gasteiger partial charge in [-0.15, -0.1) is 0 Å². The van der Waals surface area contributed by atoms with E-state index in [-0.39, 0.29) is 12.2 Å². The normalized spacial score (nSPS) is 11.6. The van der Waals surface area contributed by atoms with Gasteiger partial charge in [-0.3, -0.25) is 4.98 Å². The molecule has 3 N–H and O–H groups in total. The Kier molecular flexibility index (Phi) is 4.19. The Morgan fingerprint density at radius 3 is 2.48 bits per heavy atom. The Morgan fingerprint density at radius 1 is 1.29 bits per heavy atom. The highest BCUT2D eigenvalue weighted by molar-refractivity contribution is 7.89. The lowest BCUT2D eigenvalue weighted by Gasteiger charge is -2.10. The maximum atomic E-state index is 13.7. The fourth-order valence-electron chi connectivity index (χ4n) is 1.76. The van der Waals surface area contributed by atoms with Crippen molar-refractivity contribution in [1.82, 2.24) is 9.71 Å². The second kappa shape index (κ2) is 5.74. The van der Waals surface area contributed by atoms with Crippen molar-refractivity contribution in [2.75, 3.05) is 5.73 Å². The molecule has 0 bridgehead atoms. The first kappa shape index (κ1) is 15.3. The minimum Gasteiger partial charge on any atom is -0.399 e. The summed E-state index contributed by atoms with van der Waals surface area (Å²) in [6.07, 6.45) is 3.04. The summed E-state index contributed by atoms with van der Waals surface area (Å²) in [6, 6.07) is 3.22. The predicted molar refractivity (Wildman–Crippen MR) is 73.8 cm³/mol. The zero-order chi connectivity index (χ0) is 15.6. The van der Waals surface area contributed by atoms with Crippen LogP contribution < -0.4 is 10.5 Å². The van der Waals surface area contributed by atoms with Crippen LogP contribution in [0.5, 0.6) is 0 Å². The van der Waals surface area contributed by atoms with Crippen molar-refractivity contribution in [3.8, 4) is 0 Å². The summed E-state index contributed by atoms with van der Waals surface area (Å²) >= 11 is 0. The zero-order valence-electron chi connectivity index (χ0n) is 11.1. The molecule has 0 atom stereocenters. The lowest BCUT2D eigenvalue weighted by Crippen LogP contribution is -2.25. The van der Waals surface area contributed by atoms with Gasteiger partial charge in [0, 0.05) is 24.6 Å². The molecule has 0 spiro atoms.